The summed E-state index contributed by atoms with van der Waals surface area (Å²) in [5, 5.41) is 7.25. The molecule has 0 saturated heterocycles. The molecule has 6 nitrogen and oxygen atoms in total. The molecule has 0 spiro atoms. The largest absolute Gasteiger partial charge is 0.312 e. The van der Waals surface area contributed by atoms with Gasteiger partial charge in [-0.25, -0.2) is 4.68 Å². The van der Waals surface area contributed by atoms with Crippen LogP contribution in [0.4, 0.5) is 5.82 Å². The fourth-order valence-electron chi connectivity index (χ4n) is 2.28. The zero-order chi connectivity index (χ0) is 15.9. The summed E-state index contributed by atoms with van der Waals surface area (Å²) in [7, 11) is 0. The molecule has 0 aliphatic rings. The van der Waals surface area contributed by atoms with Gasteiger partial charge < -0.3 is 10.3 Å². The van der Waals surface area contributed by atoms with Gasteiger partial charge in [-0.1, -0.05) is 11.3 Å². The van der Waals surface area contributed by atoms with Gasteiger partial charge in [0, 0.05) is 17.7 Å². The molecule has 1 aromatic carbocycles. The van der Waals surface area contributed by atoms with E-state index in [1.807, 2.05) is 26.8 Å². The van der Waals surface area contributed by atoms with E-state index in [2.05, 4.69) is 15.4 Å². The number of anilines is 1. The summed E-state index contributed by atoms with van der Waals surface area (Å²) in [5.74, 6) is 0.449. The maximum absolute atomic E-state index is 12.4. The number of aromatic nitrogens is 3. The lowest BCUT2D eigenvalue weighted by molar-refractivity contribution is 0.102. The summed E-state index contributed by atoms with van der Waals surface area (Å²) < 4.78 is 2.55. The Morgan fingerprint density at radius 2 is 2.14 bits per heavy atom. The number of aromatic amines is 1. The van der Waals surface area contributed by atoms with E-state index in [0.29, 0.717) is 11.4 Å². The minimum atomic E-state index is -0.218. The minimum absolute atomic E-state index is 0.124. The zero-order valence-electron chi connectivity index (χ0n) is 12.5. The predicted molar refractivity (Wildman–Crippen MR) is 87.7 cm³/mol. The van der Waals surface area contributed by atoms with Crippen LogP contribution in [0.15, 0.2) is 29.1 Å². The maximum Gasteiger partial charge on any atom is 0.305 e. The molecular formula is C15H16N4O2S. The van der Waals surface area contributed by atoms with Crippen LogP contribution >= 0.6 is 11.3 Å². The van der Waals surface area contributed by atoms with Crippen LogP contribution in [0.25, 0.3) is 10.2 Å². The van der Waals surface area contributed by atoms with E-state index in [1.165, 1.54) is 0 Å². The SMILES string of the molecule is Cc1cc(NC(=O)c2ccc3[nH]c(=O)sc3c2)n(C(C)C)n1. The fourth-order valence-corrected chi connectivity index (χ4v) is 3.05. The molecule has 22 heavy (non-hydrogen) atoms. The monoisotopic (exact) mass is 316 g/mol. The van der Waals surface area contributed by atoms with Crippen molar-refractivity contribution in [3.05, 3.63) is 45.2 Å². The van der Waals surface area contributed by atoms with Crippen LogP contribution in [-0.2, 0) is 0 Å². The molecule has 3 rings (SSSR count). The maximum atomic E-state index is 12.4. The molecule has 0 bridgehead atoms. The van der Waals surface area contributed by atoms with Gasteiger partial charge in [0.25, 0.3) is 5.91 Å². The van der Waals surface area contributed by atoms with Gasteiger partial charge in [-0.3, -0.25) is 9.59 Å². The third-order valence-corrected chi connectivity index (χ3v) is 4.12. The molecular weight excluding hydrogens is 300 g/mol. The van der Waals surface area contributed by atoms with E-state index in [0.717, 1.165) is 27.2 Å². The van der Waals surface area contributed by atoms with E-state index in [1.54, 1.807) is 22.9 Å². The van der Waals surface area contributed by atoms with E-state index < -0.39 is 0 Å². The van der Waals surface area contributed by atoms with Gasteiger partial charge in [0.15, 0.2) is 0 Å². The molecule has 2 heterocycles. The number of benzene rings is 1. The highest BCUT2D eigenvalue weighted by atomic mass is 32.1. The molecule has 0 fully saturated rings. The molecule has 2 aromatic heterocycles. The molecule has 0 atom stereocenters. The molecule has 0 unspecified atom stereocenters. The second kappa shape index (κ2) is 5.42. The summed E-state index contributed by atoms with van der Waals surface area (Å²) in [6.07, 6.45) is 0. The number of rotatable bonds is 3. The minimum Gasteiger partial charge on any atom is -0.312 e. The average molecular weight is 316 g/mol. The molecule has 1 amide bonds. The van der Waals surface area contributed by atoms with Crippen molar-refractivity contribution < 1.29 is 4.79 Å². The summed E-state index contributed by atoms with van der Waals surface area (Å²) in [4.78, 5) is 26.3. The van der Waals surface area contributed by atoms with Gasteiger partial charge in [-0.2, -0.15) is 5.10 Å². The summed E-state index contributed by atoms with van der Waals surface area (Å²) >= 11 is 1.09. The van der Waals surface area contributed by atoms with Gasteiger partial charge in [0.2, 0.25) is 0 Å². The Hall–Kier alpha value is -2.41. The first-order chi connectivity index (χ1) is 10.4. The van der Waals surface area contributed by atoms with Crippen LogP contribution in [0.3, 0.4) is 0 Å². The number of H-pyrrole nitrogens is 1. The van der Waals surface area contributed by atoms with Crippen LogP contribution in [0.5, 0.6) is 0 Å². The number of nitrogens with zero attached hydrogens (tertiary/aromatic N) is 2. The third-order valence-electron chi connectivity index (χ3n) is 3.27. The number of carbonyl (C=O) groups excluding carboxylic acids is 1. The number of hydrogen-bond donors (Lipinski definition) is 2. The lowest BCUT2D eigenvalue weighted by atomic mass is 10.2. The first-order valence-corrected chi connectivity index (χ1v) is 7.76. The Bertz CT molecular complexity index is 904. The van der Waals surface area contributed by atoms with E-state index >= 15 is 0 Å². The van der Waals surface area contributed by atoms with Crippen molar-refractivity contribution in [1.29, 1.82) is 0 Å². The van der Waals surface area contributed by atoms with Crippen LogP contribution in [0, 0.1) is 6.92 Å². The molecule has 3 aromatic rings. The van der Waals surface area contributed by atoms with E-state index in [-0.39, 0.29) is 16.8 Å². The normalized spacial score (nSPS) is 11.3. The molecule has 0 aliphatic carbocycles. The number of fused-ring (bicyclic) bond motifs is 1. The van der Waals surface area contributed by atoms with Gasteiger partial charge in [0.1, 0.15) is 5.82 Å². The Morgan fingerprint density at radius 1 is 1.36 bits per heavy atom. The molecule has 0 aliphatic heterocycles. The van der Waals surface area contributed by atoms with Crippen molar-refractivity contribution in [3.8, 4) is 0 Å². The van der Waals surface area contributed by atoms with E-state index in [9.17, 15) is 9.59 Å². The Balaban J connectivity index is 1.91. The Labute approximate surface area is 130 Å². The molecule has 2 N–H and O–H groups in total. The lowest BCUT2D eigenvalue weighted by Crippen LogP contribution is -2.16. The Morgan fingerprint density at radius 3 is 2.86 bits per heavy atom. The number of amides is 1. The first-order valence-electron chi connectivity index (χ1n) is 6.94. The molecule has 0 saturated carbocycles. The smallest absolute Gasteiger partial charge is 0.305 e. The summed E-state index contributed by atoms with van der Waals surface area (Å²) in [6.45, 7) is 5.90. The van der Waals surface area contributed by atoms with Crippen LogP contribution in [0.1, 0.15) is 35.9 Å². The van der Waals surface area contributed by atoms with Crippen molar-refractivity contribution in [2.45, 2.75) is 26.8 Å². The summed E-state index contributed by atoms with van der Waals surface area (Å²) in [5.41, 5.74) is 2.11. The van der Waals surface area contributed by atoms with Crippen molar-refractivity contribution in [2.75, 3.05) is 5.32 Å². The fraction of sp³-hybridized carbons (Fsp3) is 0.267. The topological polar surface area (TPSA) is 79.8 Å². The predicted octanol–water partition coefficient (Wildman–Crippen LogP) is 2.93. The second-order valence-electron chi connectivity index (χ2n) is 5.39. The van der Waals surface area contributed by atoms with Crippen molar-refractivity contribution in [3.63, 3.8) is 0 Å². The molecule has 7 heteroatoms. The van der Waals surface area contributed by atoms with E-state index in [4.69, 9.17) is 0 Å². The highest BCUT2D eigenvalue weighted by molar-refractivity contribution is 7.16. The number of hydrogen-bond acceptors (Lipinski definition) is 4. The van der Waals surface area contributed by atoms with Gasteiger partial charge in [-0.15, -0.1) is 0 Å². The number of aryl methyl sites for hydroxylation is 1. The standard InChI is InChI=1S/C15H16N4O2S/c1-8(2)19-13(6-9(3)18-19)17-14(20)10-4-5-11-12(7-10)22-15(21)16-11/h4-8H,1-3H3,(H,16,21)(H,17,20). The van der Waals surface area contributed by atoms with Gasteiger partial charge >= 0.3 is 4.87 Å². The Kier molecular flexibility index (Phi) is 3.58. The van der Waals surface area contributed by atoms with Crippen LogP contribution < -0.4 is 10.2 Å². The molecule has 0 radical (unpaired) electrons. The third kappa shape index (κ3) is 2.67. The number of thiazole rings is 1. The highest BCUT2D eigenvalue weighted by Gasteiger charge is 2.13. The van der Waals surface area contributed by atoms with Gasteiger partial charge in [0.05, 0.1) is 15.9 Å². The average Bonchev–Trinajstić information content (AvgIpc) is 2.99. The second-order valence-corrected chi connectivity index (χ2v) is 6.40. The first kappa shape index (κ1) is 14.5. The van der Waals surface area contributed by atoms with Crippen LogP contribution in [0.2, 0.25) is 0 Å². The quantitative estimate of drug-likeness (QED) is 0.779. The molecule has 114 valence electrons. The zero-order valence-corrected chi connectivity index (χ0v) is 13.3. The number of carbonyl (C=O) groups is 1. The highest BCUT2D eigenvalue weighted by Crippen LogP contribution is 2.19. The number of nitrogens with one attached hydrogen (secondary N) is 2. The van der Waals surface area contributed by atoms with Gasteiger partial charge in [-0.05, 0) is 39.0 Å². The lowest BCUT2D eigenvalue weighted by Gasteiger charge is -2.11. The summed E-state index contributed by atoms with van der Waals surface area (Å²) in [6, 6.07) is 7.15. The van der Waals surface area contributed by atoms with Crippen molar-refractivity contribution in [2.24, 2.45) is 0 Å². The van der Waals surface area contributed by atoms with Crippen LogP contribution in [-0.4, -0.2) is 20.7 Å². The van der Waals surface area contributed by atoms with Crippen molar-refractivity contribution >= 4 is 33.3 Å². The van der Waals surface area contributed by atoms with Crippen molar-refractivity contribution in [1.82, 2.24) is 14.8 Å².